The summed E-state index contributed by atoms with van der Waals surface area (Å²) in [5, 5.41) is 5.20. The Hall–Kier alpha value is -2.82. The fourth-order valence-corrected chi connectivity index (χ4v) is 3.15. The van der Waals surface area contributed by atoms with Crippen molar-refractivity contribution in [3.8, 4) is 0 Å². The van der Waals surface area contributed by atoms with Crippen LogP contribution in [0.25, 0.3) is 0 Å². The highest BCUT2D eigenvalue weighted by Gasteiger charge is 2.17. The Morgan fingerprint density at radius 3 is 1.96 bits per heavy atom. The maximum atomic E-state index is 12.2. The van der Waals surface area contributed by atoms with Gasteiger partial charge in [-0.2, -0.15) is 0 Å². The lowest BCUT2D eigenvalue weighted by molar-refractivity contribution is 0.0967. The molecule has 6 heteroatoms. The molecule has 0 aliphatic carbocycles. The molecule has 136 valence electrons. The number of nitrogens with one attached hydrogen (secondary N) is 2. The van der Waals surface area contributed by atoms with E-state index in [0.717, 1.165) is 12.0 Å². The molecule has 3 amide bonds. The van der Waals surface area contributed by atoms with Crippen molar-refractivity contribution in [1.82, 2.24) is 5.32 Å². The minimum Gasteiger partial charge on any atom is -0.308 e. The Morgan fingerprint density at radius 1 is 0.741 bits per heavy atom. The molecule has 0 aromatic heterocycles. The molecule has 0 saturated carbocycles. The number of halogens is 2. The average molecular weight is 399 g/mol. The minimum atomic E-state index is -0.663. The van der Waals surface area contributed by atoms with E-state index in [-0.39, 0.29) is 15.6 Å². The molecule has 0 heterocycles. The lowest BCUT2D eigenvalue weighted by Gasteiger charge is -2.09. The summed E-state index contributed by atoms with van der Waals surface area (Å²) in [7, 11) is 0. The van der Waals surface area contributed by atoms with Gasteiger partial charge in [-0.1, -0.05) is 71.7 Å². The van der Waals surface area contributed by atoms with Gasteiger partial charge in [-0.3, -0.25) is 10.1 Å². The smallest absolute Gasteiger partial charge is 0.308 e. The number of amides is 3. The Bertz CT molecular complexity index is 937. The number of carbonyl (C=O) groups excluding carboxylic acids is 2. The number of hydrogen-bond acceptors (Lipinski definition) is 2. The summed E-state index contributed by atoms with van der Waals surface area (Å²) >= 11 is 11.9. The Morgan fingerprint density at radius 2 is 1.33 bits per heavy atom. The highest BCUT2D eigenvalue weighted by atomic mass is 35.5. The highest BCUT2D eigenvalue weighted by Crippen LogP contribution is 2.24. The van der Waals surface area contributed by atoms with Gasteiger partial charge in [0.2, 0.25) is 0 Å². The molecule has 0 aliphatic rings. The van der Waals surface area contributed by atoms with Crippen molar-refractivity contribution in [3.63, 3.8) is 0 Å². The first kappa shape index (κ1) is 19.0. The number of imide groups is 1. The molecule has 27 heavy (non-hydrogen) atoms. The second kappa shape index (κ2) is 8.71. The van der Waals surface area contributed by atoms with Gasteiger partial charge in [0.05, 0.1) is 15.6 Å². The maximum absolute atomic E-state index is 12.2. The van der Waals surface area contributed by atoms with Gasteiger partial charge < -0.3 is 5.32 Å². The van der Waals surface area contributed by atoms with E-state index in [0.29, 0.717) is 5.69 Å². The topological polar surface area (TPSA) is 58.2 Å². The van der Waals surface area contributed by atoms with Gasteiger partial charge in [-0.25, -0.2) is 4.79 Å². The molecule has 0 radical (unpaired) electrons. The van der Waals surface area contributed by atoms with Crippen molar-refractivity contribution < 1.29 is 9.59 Å². The van der Waals surface area contributed by atoms with E-state index in [4.69, 9.17) is 23.2 Å². The van der Waals surface area contributed by atoms with E-state index < -0.39 is 11.9 Å². The molecule has 3 rings (SSSR count). The third-order valence-electron chi connectivity index (χ3n) is 3.88. The van der Waals surface area contributed by atoms with E-state index in [1.807, 2.05) is 30.3 Å². The quantitative estimate of drug-likeness (QED) is 0.605. The van der Waals surface area contributed by atoms with Gasteiger partial charge in [0, 0.05) is 5.69 Å². The molecule has 0 bridgehead atoms. The predicted octanol–water partition coefficient (Wildman–Crippen LogP) is 5.55. The molecule has 2 N–H and O–H groups in total. The van der Waals surface area contributed by atoms with Crippen LogP contribution in [-0.2, 0) is 6.42 Å². The van der Waals surface area contributed by atoms with Crippen LogP contribution in [0.4, 0.5) is 10.5 Å². The van der Waals surface area contributed by atoms with E-state index in [1.165, 1.54) is 17.7 Å². The molecule has 0 atom stereocenters. The van der Waals surface area contributed by atoms with Crippen LogP contribution in [0.2, 0.25) is 10.0 Å². The van der Waals surface area contributed by atoms with Crippen molar-refractivity contribution >= 4 is 40.8 Å². The van der Waals surface area contributed by atoms with E-state index in [2.05, 4.69) is 22.8 Å². The van der Waals surface area contributed by atoms with Gasteiger partial charge in [-0.05, 0) is 41.8 Å². The number of urea groups is 1. The summed E-state index contributed by atoms with van der Waals surface area (Å²) in [4.78, 5) is 24.3. The summed E-state index contributed by atoms with van der Waals surface area (Å²) < 4.78 is 0. The molecule has 0 fully saturated rings. The average Bonchev–Trinajstić information content (AvgIpc) is 2.64. The summed E-state index contributed by atoms with van der Waals surface area (Å²) in [6.07, 6.45) is 0.802. The second-order valence-corrected chi connectivity index (χ2v) is 6.68. The molecule has 0 saturated heterocycles. The summed E-state index contributed by atoms with van der Waals surface area (Å²) in [5.74, 6) is -0.663. The van der Waals surface area contributed by atoms with Gasteiger partial charge in [-0.15, -0.1) is 0 Å². The number of hydrogen-bond donors (Lipinski definition) is 2. The lowest BCUT2D eigenvalue weighted by atomic mass is 10.0. The van der Waals surface area contributed by atoms with E-state index >= 15 is 0 Å². The standard InChI is InChI=1S/C21H16Cl2N2O2/c22-17-7-4-8-18(23)19(17)20(26)25-21(27)24-16-11-9-15(10-12-16)13-14-5-2-1-3-6-14/h1-12H,13H2,(H2,24,25,26,27). The van der Waals surface area contributed by atoms with Crippen LogP contribution in [0.3, 0.4) is 0 Å². The fourth-order valence-electron chi connectivity index (χ4n) is 2.58. The van der Waals surface area contributed by atoms with Gasteiger partial charge in [0.25, 0.3) is 5.91 Å². The second-order valence-electron chi connectivity index (χ2n) is 5.86. The van der Waals surface area contributed by atoms with Crippen LogP contribution < -0.4 is 10.6 Å². The molecule has 0 unspecified atom stereocenters. The lowest BCUT2D eigenvalue weighted by Crippen LogP contribution is -2.34. The Balaban J connectivity index is 1.60. The zero-order valence-corrected chi connectivity index (χ0v) is 15.7. The first-order valence-corrected chi connectivity index (χ1v) is 8.98. The van der Waals surface area contributed by atoms with E-state index in [9.17, 15) is 9.59 Å². The van der Waals surface area contributed by atoms with Crippen molar-refractivity contribution in [1.29, 1.82) is 0 Å². The maximum Gasteiger partial charge on any atom is 0.326 e. The van der Waals surface area contributed by atoms with Crippen LogP contribution in [0.5, 0.6) is 0 Å². The minimum absolute atomic E-state index is 0.0641. The Kier molecular flexibility index (Phi) is 6.12. The summed E-state index contributed by atoms with van der Waals surface area (Å²) in [5.41, 5.74) is 2.96. The van der Waals surface area contributed by atoms with Crippen LogP contribution in [0, 0.1) is 0 Å². The first-order chi connectivity index (χ1) is 13.0. The van der Waals surface area contributed by atoms with Crippen molar-refractivity contribution in [2.45, 2.75) is 6.42 Å². The molecule has 0 spiro atoms. The molecule has 4 nitrogen and oxygen atoms in total. The van der Waals surface area contributed by atoms with Crippen molar-refractivity contribution in [3.05, 3.63) is 99.5 Å². The van der Waals surface area contributed by atoms with Crippen LogP contribution in [0.1, 0.15) is 21.5 Å². The molecule has 0 aliphatic heterocycles. The fraction of sp³-hybridized carbons (Fsp3) is 0.0476. The summed E-state index contributed by atoms with van der Waals surface area (Å²) in [6.45, 7) is 0. The Labute approximate surface area is 167 Å². The van der Waals surface area contributed by atoms with Crippen LogP contribution in [-0.4, -0.2) is 11.9 Å². The van der Waals surface area contributed by atoms with Crippen molar-refractivity contribution in [2.75, 3.05) is 5.32 Å². The third-order valence-corrected chi connectivity index (χ3v) is 4.51. The van der Waals surface area contributed by atoms with E-state index in [1.54, 1.807) is 18.2 Å². The summed E-state index contributed by atoms with van der Waals surface area (Å²) in [6, 6.07) is 21.5. The van der Waals surface area contributed by atoms with Crippen LogP contribution in [0.15, 0.2) is 72.8 Å². The van der Waals surface area contributed by atoms with Crippen molar-refractivity contribution in [2.24, 2.45) is 0 Å². The third kappa shape index (κ3) is 5.09. The van der Waals surface area contributed by atoms with Gasteiger partial charge >= 0.3 is 6.03 Å². The normalized spacial score (nSPS) is 10.3. The monoisotopic (exact) mass is 398 g/mol. The zero-order valence-electron chi connectivity index (χ0n) is 14.2. The van der Waals surface area contributed by atoms with Crippen LogP contribution >= 0.6 is 23.2 Å². The molecule has 3 aromatic carbocycles. The first-order valence-electron chi connectivity index (χ1n) is 8.22. The number of anilines is 1. The predicted molar refractivity (Wildman–Crippen MR) is 109 cm³/mol. The number of carbonyl (C=O) groups is 2. The zero-order chi connectivity index (χ0) is 19.2. The highest BCUT2D eigenvalue weighted by molar-refractivity contribution is 6.40. The number of benzene rings is 3. The SMILES string of the molecule is O=C(NC(=O)c1c(Cl)cccc1Cl)Nc1ccc(Cc2ccccc2)cc1. The van der Waals surface area contributed by atoms with Gasteiger partial charge in [0.15, 0.2) is 0 Å². The molecule has 3 aromatic rings. The number of rotatable bonds is 4. The van der Waals surface area contributed by atoms with Gasteiger partial charge in [0.1, 0.15) is 0 Å². The largest absolute Gasteiger partial charge is 0.326 e. The molecular formula is C21H16Cl2N2O2. The molecular weight excluding hydrogens is 383 g/mol.